The Bertz CT molecular complexity index is 4490. The van der Waals surface area contributed by atoms with E-state index in [0.29, 0.717) is 5.56 Å². The first-order valence-electron chi connectivity index (χ1n) is 32.5. The van der Waals surface area contributed by atoms with Crippen molar-refractivity contribution in [3.8, 4) is 22.3 Å². The molecule has 2 aliphatic carbocycles. The number of aryl methyl sites for hydroxylation is 2. The third kappa shape index (κ3) is 8.57. The molecule has 0 saturated heterocycles. The second-order valence-corrected chi connectivity index (χ2v) is 29.1. The van der Waals surface area contributed by atoms with Gasteiger partial charge in [0.05, 0.1) is 23.9 Å². The average Bonchev–Trinajstić information content (AvgIpc) is 1.28. The summed E-state index contributed by atoms with van der Waals surface area (Å²) in [5, 5.41) is 1.25. The first-order valence-corrected chi connectivity index (χ1v) is 30.9. The van der Waals surface area contributed by atoms with Crippen LogP contribution < -0.4 is 30.4 Å². The summed E-state index contributed by atoms with van der Waals surface area (Å²) in [5.41, 5.74) is 23.4. The topological polar surface area (TPSA) is 9.72 Å². The lowest BCUT2D eigenvalue weighted by atomic mass is 9.36. The second kappa shape index (κ2) is 19.0. The summed E-state index contributed by atoms with van der Waals surface area (Å²) in [6, 6.07) is 57.4. The van der Waals surface area contributed by atoms with Crippen LogP contribution in [0.5, 0.6) is 0 Å². The standard InChI is InChI=1S/C78H78BN3S/c1-49-24-20-22-30-64(49)80(65-31-23-21-25-50(65)2)56-45-68-71-69(46-56)82(66-37-33-54(74(3,4)5)43-57(66)52-28-18-15-19-29-52)67-42-53(51-26-16-14-17-27-51)32-36-63(67)79(71)73-72(58-47-61-62(48-70(58)83-73)78(12,13)41-40-77(61,10)11)81(68)55-34-35-59-60(44-55)76(8,9)39-38-75(59,6)7/h14-37,42-48H,38-41H2,1-13H3/i14D,16D,17D,26D,27D. The van der Waals surface area contributed by atoms with E-state index in [-0.39, 0.29) is 63.5 Å². The van der Waals surface area contributed by atoms with Gasteiger partial charge < -0.3 is 14.7 Å². The van der Waals surface area contributed by atoms with Crippen LogP contribution in [0.3, 0.4) is 0 Å². The molecular formula is C78H78BN3S. The minimum Gasteiger partial charge on any atom is -0.311 e. The van der Waals surface area contributed by atoms with Crippen molar-refractivity contribution >= 4 is 95.0 Å². The van der Waals surface area contributed by atoms with Gasteiger partial charge in [-0.05, 0) is 200 Å². The summed E-state index contributed by atoms with van der Waals surface area (Å²) in [7, 11) is 0. The maximum atomic E-state index is 9.46. The maximum Gasteiger partial charge on any atom is 0.264 e. The number of anilines is 9. The fourth-order valence-electron chi connectivity index (χ4n) is 14.5. The van der Waals surface area contributed by atoms with Crippen LogP contribution in [-0.2, 0) is 27.1 Å². The van der Waals surface area contributed by atoms with Gasteiger partial charge in [0.2, 0.25) is 0 Å². The summed E-state index contributed by atoms with van der Waals surface area (Å²) >= 11 is 1.92. The quantitative estimate of drug-likeness (QED) is 0.147. The van der Waals surface area contributed by atoms with E-state index >= 15 is 0 Å². The fraction of sp³-hybridized carbons (Fsp3) is 0.282. The zero-order chi connectivity index (χ0) is 62.1. The molecule has 3 heterocycles. The van der Waals surface area contributed by atoms with Gasteiger partial charge in [-0.15, -0.1) is 11.3 Å². The highest BCUT2D eigenvalue weighted by molar-refractivity contribution is 7.33. The summed E-state index contributed by atoms with van der Waals surface area (Å²) in [6.07, 6.45) is 4.41. The van der Waals surface area contributed by atoms with Crippen LogP contribution in [0.2, 0.25) is 0 Å². The zero-order valence-electron chi connectivity index (χ0n) is 55.7. The van der Waals surface area contributed by atoms with Crippen LogP contribution in [0.4, 0.5) is 51.2 Å². The van der Waals surface area contributed by atoms with Crippen molar-refractivity contribution in [1.29, 1.82) is 0 Å². The SMILES string of the molecule is [2H]c1c([2H])c([2H])c(-c2ccc3c(c2)N(c2ccc(C(C)(C)C)cc2-c2ccccc2)c2cc(N(c4ccccc4C)c4ccccc4C)cc4c2B3c2sc3cc5c(cc3c2N4c2ccc3c(c2)C(C)(C)CCC3(C)C)C(C)(C)CCC5(C)C)c([2H])c1[2H]. The molecule has 83 heavy (non-hydrogen) atoms. The minimum atomic E-state index is -0.408. The Labute approximate surface area is 505 Å². The molecule has 414 valence electrons. The van der Waals surface area contributed by atoms with Crippen molar-refractivity contribution < 1.29 is 6.85 Å². The van der Waals surface area contributed by atoms with Crippen LogP contribution in [-0.4, -0.2) is 6.71 Å². The normalized spacial score (nSPS) is 17.7. The molecule has 0 amide bonds. The molecular weight excluding hydrogens is 1020 g/mol. The van der Waals surface area contributed by atoms with Crippen molar-refractivity contribution in [3.05, 3.63) is 227 Å². The first kappa shape index (κ1) is 47.8. The molecule has 0 spiro atoms. The Hall–Kier alpha value is -7.60. The highest BCUT2D eigenvalue weighted by Gasteiger charge is 2.48. The third-order valence-electron chi connectivity index (χ3n) is 19.7. The molecule has 0 atom stereocenters. The van der Waals surface area contributed by atoms with Crippen LogP contribution in [0.15, 0.2) is 188 Å². The van der Waals surface area contributed by atoms with E-state index in [1.807, 2.05) is 17.4 Å². The molecule has 10 aromatic rings. The van der Waals surface area contributed by atoms with Gasteiger partial charge in [-0.3, -0.25) is 0 Å². The van der Waals surface area contributed by atoms with Crippen LogP contribution in [0.1, 0.15) is 148 Å². The summed E-state index contributed by atoms with van der Waals surface area (Å²) in [4.78, 5) is 7.60. The molecule has 0 unspecified atom stereocenters. The number of benzene rings is 9. The van der Waals surface area contributed by atoms with Gasteiger partial charge in [0.1, 0.15) is 0 Å². The van der Waals surface area contributed by atoms with Crippen LogP contribution in [0, 0.1) is 13.8 Å². The summed E-state index contributed by atoms with van der Waals surface area (Å²) < 4.78 is 48.1. The van der Waals surface area contributed by atoms with E-state index in [0.717, 1.165) is 98.9 Å². The number of hydrogen-bond donors (Lipinski definition) is 0. The molecule has 3 nitrogen and oxygen atoms in total. The predicted molar refractivity (Wildman–Crippen MR) is 360 cm³/mol. The predicted octanol–water partition coefficient (Wildman–Crippen LogP) is 20.4. The van der Waals surface area contributed by atoms with Gasteiger partial charge in [-0.2, -0.15) is 0 Å². The molecule has 0 radical (unpaired) electrons. The van der Waals surface area contributed by atoms with Gasteiger partial charge >= 0.3 is 0 Å². The number of fused-ring (bicyclic) bond motifs is 8. The zero-order valence-corrected chi connectivity index (χ0v) is 51.5. The van der Waals surface area contributed by atoms with Crippen molar-refractivity contribution in [1.82, 2.24) is 0 Å². The number of rotatable bonds is 7. The van der Waals surface area contributed by atoms with Gasteiger partial charge in [0.15, 0.2) is 0 Å². The third-order valence-corrected chi connectivity index (χ3v) is 20.9. The Kier molecular flexibility index (Phi) is 10.9. The number of para-hydroxylation sites is 2. The van der Waals surface area contributed by atoms with Gasteiger partial charge in [-0.1, -0.05) is 197 Å². The van der Waals surface area contributed by atoms with Crippen molar-refractivity contribution in [2.75, 3.05) is 14.7 Å². The lowest BCUT2D eigenvalue weighted by Gasteiger charge is -2.46. The number of nitrogens with zero attached hydrogens (tertiary/aromatic N) is 3. The van der Waals surface area contributed by atoms with E-state index in [4.69, 9.17) is 4.11 Å². The maximum absolute atomic E-state index is 9.46. The lowest BCUT2D eigenvalue weighted by molar-refractivity contribution is 0.332. The van der Waals surface area contributed by atoms with Crippen molar-refractivity contribution in [2.45, 2.75) is 143 Å². The lowest BCUT2D eigenvalue weighted by Crippen LogP contribution is -2.60. The molecule has 1 aromatic heterocycles. The minimum absolute atomic E-state index is 0.00592. The van der Waals surface area contributed by atoms with Gasteiger partial charge in [-0.25, -0.2) is 0 Å². The number of thiophene rings is 1. The summed E-state index contributed by atoms with van der Waals surface area (Å²) in [6.45, 7) is 30.4. The Morgan fingerprint density at radius 2 is 1.08 bits per heavy atom. The second-order valence-electron chi connectivity index (χ2n) is 28.0. The molecule has 0 N–H and O–H groups in total. The summed E-state index contributed by atoms with van der Waals surface area (Å²) in [5.74, 6) is 0. The van der Waals surface area contributed by atoms with E-state index in [1.54, 1.807) is 0 Å². The monoisotopic (exact) mass is 1100 g/mol. The highest BCUT2D eigenvalue weighted by Crippen LogP contribution is 2.56. The Balaban J connectivity index is 1.19. The molecule has 0 bridgehead atoms. The van der Waals surface area contributed by atoms with Crippen LogP contribution in [0.25, 0.3) is 32.3 Å². The molecule has 0 saturated carbocycles. The first-order chi connectivity index (χ1) is 41.7. The Morgan fingerprint density at radius 1 is 0.506 bits per heavy atom. The fourth-order valence-corrected chi connectivity index (χ4v) is 15.9. The highest BCUT2D eigenvalue weighted by atomic mass is 32.1. The van der Waals surface area contributed by atoms with Crippen LogP contribution >= 0.6 is 11.3 Å². The molecule has 9 aromatic carbocycles. The Morgan fingerprint density at radius 3 is 1.71 bits per heavy atom. The van der Waals surface area contributed by atoms with E-state index in [9.17, 15) is 2.74 Å². The molecule has 0 fully saturated rings. The van der Waals surface area contributed by atoms with E-state index in [2.05, 4.69) is 256 Å². The largest absolute Gasteiger partial charge is 0.311 e. The number of hydrogen-bond acceptors (Lipinski definition) is 4. The van der Waals surface area contributed by atoms with Gasteiger partial charge in [0.25, 0.3) is 6.71 Å². The van der Waals surface area contributed by atoms with Gasteiger partial charge in [0, 0.05) is 54.6 Å². The van der Waals surface area contributed by atoms with E-state index < -0.39 is 6.04 Å². The smallest absolute Gasteiger partial charge is 0.264 e. The molecule has 2 aliphatic heterocycles. The molecule has 4 aliphatic rings. The van der Waals surface area contributed by atoms with Crippen molar-refractivity contribution in [2.24, 2.45) is 0 Å². The van der Waals surface area contributed by atoms with Crippen molar-refractivity contribution in [3.63, 3.8) is 0 Å². The molecule has 5 heteroatoms. The molecule has 14 rings (SSSR count). The average molecular weight is 1110 g/mol. The van der Waals surface area contributed by atoms with E-state index in [1.165, 1.54) is 53.8 Å².